The molecule has 0 radical (unpaired) electrons. The molecule has 7 nitrogen and oxygen atoms in total. The van der Waals surface area contributed by atoms with E-state index in [1.807, 2.05) is 57.2 Å². The lowest BCUT2D eigenvalue weighted by molar-refractivity contribution is 0.0970. The van der Waals surface area contributed by atoms with Crippen molar-refractivity contribution >= 4 is 22.7 Å². The van der Waals surface area contributed by atoms with Crippen molar-refractivity contribution in [2.45, 2.75) is 53.0 Å². The first-order valence-corrected chi connectivity index (χ1v) is 13.2. The van der Waals surface area contributed by atoms with Crippen LogP contribution in [0.2, 0.25) is 0 Å². The predicted molar refractivity (Wildman–Crippen MR) is 147 cm³/mol. The van der Waals surface area contributed by atoms with Crippen molar-refractivity contribution in [3.8, 4) is 11.5 Å². The van der Waals surface area contributed by atoms with Gasteiger partial charge in [-0.15, -0.1) is 0 Å². The SMILES string of the molecule is CCCCCOc1ccc(C2c3c(oc4ccc(C)cc4c3=O)C(=O)N2c2cc(C)ccn2)cc1OCC. The third-order valence-corrected chi connectivity index (χ3v) is 6.76. The number of anilines is 1. The van der Waals surface area contributed by atoms with Crippen LogP contribution in [0.25, 0.3) is 11.0 Å². The summed E-state index contributed by atoms with van der Waals surface area (Å²) in [4.78, 5) is 33.8. The maximum Gasteiger partial charge on any atom is 0.296 e. The molecule has 0 bridgehead atoms. The Labute approximate surface area is 222 Å². The van der Waals surface area contributed by atoms with Crippen LogP contribution in [0.3, 0.4) is 0 Å². The quantitative estimate of drug-likeness (QED) is 0.237. The number of nitrogens with zero attached hydrogens (tertiary/aromatic N) is 2. The molecule has 0 spiro atoms. The number of amides is 1. The topological polar surface area (TPSA) is 81.9 Å². The summed E-state index contributed by atoms with van der Waals surface area (Å²) in [6.45, 7) is 8.96. The van der Waals surface area contributed by atoms with Gasteiger partial charge in [-0.3, -0.25) is 14.5 Å². The van der Waals surface area contributed by atoms with Gasteiger partial charge in [0.15, 0.2) is 16.9 Å². The molecule has 0 saturated carbocycles. The monoisotopic (exact) mass is 512 g/mol. The molecule has 1 aliphatic rings. The minimum absolute atomic E-state index is 0.0394. The zero-order valence-electron chi connectivity index (χ0n) is 22.2. The molecule has 0 saturated heterocycles. The molecule has 5 rings (SSSR count). The second-order valence-electron chi connectivity index (χ2n) is 9.64. The van der Waals surface area contributed by atoms with Gasteiger partial charge in [0.05, 0.1) is 30.2 Å². The zero-order chi connectivity index (χ0) is 26.8. The minimum atomic E-state index is -0.735. The first-order chi connectivity index (χ1) is 18.4. The number of fused-ring (bicyclic) bond motifs is 2. The van der Waals surface area contributed by atoms with Crippen LogP contribution in [-0.4, -0.2) is 24.1 Å². The fourth-order valence-corrected chi connectivity index (χ4v) is 4.91. The molecule has 196 valence electrons. The van der Waals surface area contributed by atoms with Crippen LogP contribution in [0.15, 0.2) is 63.9 Å². The molecule has 0 fully saturated rings. The van der Waals surface area contributed by atoms with Crippen LogP contribution in [0.4, 0.5) is 5.82 Å². The molecule has 1 amide bonds. The number of carbonyl (C=O) groups is 1. The summed E-state index contributed by atoms with van der Waals surface area (Å²) < 4.78 is 18.1. The smallest absolute Gasteiger partial charge is 0.296 e. The van der Waals surface area contributed by atoms with Crippen molar-refractivity contribution in [3.63, 3.8) is 0 Å². The zero-order valence-corrected chi connectivity index (χ0v) is 22.2. The highest BCUT2D eigenvalue weighted by Gasteiger charge is 2.44. The van der Waals surface area contributed by atoms with E-state index < -0.39 is 11.9 Å². The van der Waals surface area contributed by atoms with Gasteiger partial charge in [0.25, 0.3) is 5.91 Å². The largest absolute Gasteiger partial charge is 0.490 e. The van der Waals surface area contributed by atoms with E-state index >= 15 is 0 Å². The first kappa shape index (κ1) is 25.5. The number of aryl methyl sites for hydroxylation is 2. The number of hydrogen-bond acceptors (Lipinski definition) is 6. The van der Waals surface area contributed by atoms with Crippen LogP contribution in [0.1, 0.15) is 72.0 Å². The molecule has 1 unspecified atom stereocenters. The number of benzene rings is 2. The number of hydrogen-bond donors (Lipinski definition) is 0. The Bertz CT molecular complexity index is 1560. The molecule has 0 aliphatic carbocycles. The normalized spacial score (nSPS) is 14.7. The van der Waals surface area contributed by atoms with Gasteiger partial charge in [-0.2, -0.15) is 0 Å². The molecule has 7 heteroatoms. The Kier molecular flexibility index (Phi) is 7.18. The Morgan fingerprint density at radius 3 is 2.50 bits per heavy atom. The summed E-state index contributed by atoms with van der Waals surface area (Å²) in [6, 6.07) is 14.0. The predicted octanol–water partition coefficient (Wildman–Crippen LogP) is 6.52. The highest BCUT2D eigenvalue weighted by atomic mass is 16.5. The summed E-state index contributed by atoms with van der Waals surface area (Å²) in [6.07, 6.45) is 4.81. The van der Waals surface area contributed by atoms with Gasteiger partial charge in [0.1, 0.15) is 11.4 Å². The fraction of sp³-hybridized carbons (Fsp3) is 0.323. The maximum atomic E-state index is 13.9. The molecule has 1 aliphatic heterocycles. The Morgan fingerprint density at radius 2 is 1.74 bits per heavy atom. The van der Waals surface area contributed by atoms with Crippen LogP contribution < -0.4 is 19.8 Å². The minimum Gasteiger partial charge on any atom is -0.490 e. The number of unbranched alkanes of at least 4 members (excludes halogenated alkanes) is 2. The van der Waals surface area contributed by atoms with Gasteiger partial charge in [-0.1, -0.05) is 37.5 Å². The highest BCUT2D eigenvalue weighted by molar-refractivity contribution is 6.10. The number of aromatic nitrogens is 1. The molecule has 1 atom stereocenters. The van der Waals surface area contributed by atoms with E-state index in [2.05, 4.69) is 11.9 Å². The van der Waals surface area contributed by atoms with Crippen molar-refractivity contribution in [2.24, 2.45) is 0 Å². The van der Waals surface area contributed by atoms with Crippen molar-refractivity contribution in [1.82, 2.24) is 4.98 Å². The van der Waals surface area contributed by atoms with Crippen LogP contribution in [0.5, 0.6) is 11.5 Å². The van der Waals surface area contributed by atoms with Crippen molar-refractivity contribution in [1.29, 1.82) is 0 Å². The standard InChI is InChI=1S/C31H32N2O5/c1-5-7-8-15-37-24-12-10-21(18-25(24)36-6-2)28-27-29(34)22-16-19(3)9-11-23(22)38-30(27)31(35)33(28)26-17-20(4)13-14-32-26/h9-14,16-18,28H,5-8,15H2,1-4H3. The van der Waals surface area contributed by atoms with Crippen molar-refractivity contribution in [2.75, 3.05) is 18.1 Å². The van der Waals surface area contributed by atoms with E-state index in [4.69, 9.17) is 13.9 Å². The molecule has 2 aromatic heterocycles. The van der Waals surface area contributed by atoms with E-state index in [0.717, 1.165) is 30.4 Å². The van der Waals surface area contributed by atoms with E-state index in [-0.39, 0.29) is 11.2 Å². The third kappa shape index (κ3) is 4.64. The van der Waals surface area contributed by atoms with Crippen LogP contribution >= 0.6 is 0 Å². The fourth-order valence-electron chi connectivity index (χ4n) is 4.91. The van der Waals surface area contributed by atoms with Gasteiger partial charge in [-0.25, -0.2) is 4.98 Å². The van der Waals surface area contributed by atoms with E-state index in [9.17, 15) is 9.59 Å². The number of carbonyl (C=O) groups excluding carboxylic acids is 1. The molecular weight excluding hydrogens is 480 g/mol. The third-order valence-electron chi connectivity index (χ3n) is 6.76. The summed E-state index contributed by atoms with van der Waals surface area (Å²) >= 11 is 0. The average Bonchev–Trinajstić information content (AvgIpc) is 3.20. The highest BCUT2D eigenvalue weighted by Crippen LogP contribution is 2.43. The van der Waals surface area contributed by atoms with Crippen molar-refractivity contribution < 1.29 is 18.7 Å². The number of pyridine rings is 1. The van der Waals surface area contributed by atoms with Gasteiger partial charge in [0, 0.05) is 6.20 Å². The lowest BCUT2D eigenvalue weighted by atomic mass is 9.97. The molecule has 4 aromatic rings. The molecule has 2 aromatic carbocycles. The summed E-state index contributed by atoms with van der Waals surface area (Å²) in [5.41, 5.74) is 3.06. The molecule has 3 heterocycles. The lowest BCUT2D eigenvalue weighted by Crippen LogP contribution is -2.30. The van der Waals surface area contributed by atoms with Gasteiger partial charge in [0.2, 0.25) is 5.76 Å². The number of ether oxygens (including phenoxy) is 2. The lowest BCUT2D eigenvalue weighted by Gasteiger charge is -2.25. The van der Waals surface area contributed by atoms with E-state index in [1.54, 1.807) is 23.2 Å². The van der Waals surface area contributed by atoms with Gasteiger partial charge in [-0.05, 0) is 74.7 Å². The Balaban J connectivity index is 1.68. The summed E-state index contributed by atoms with van der Waals surface area (Å²) in [5, 5.41) is 0.446. The van der Waals surface area contributed by atoms with E-state index in [1.165, 1.54) is 0 Å². The molecule has 38 heavy (non-hydrogen) atoms. The van der Waals surface area contributed by atoms with E-state index in [0.29, 0.717) is 52.6 Å². The molecular formula is C31H32N2O5. The summed E-state index contributed by atoms with van der Waals surface area (Å²) in [5.74, 6) is 1.29. The Hall–Kier alpha value is -4.13. The van der Waals surface area contributed by atoms with Crippen molar-refractivity contribution in [3.05, 3.63) is 93.0 Å². The van der Waals surface area contributed by atoms with Gasteiger partial charge >= 0.3 is 0 Å². The van der Waals surface area contributed by atoms with Crippen LogP contribution in [0, 0.1) is 13.8 Å². The Morgan fingerprint density at radius 1 is 0.921 bits per heavy atom. The second-order valence-corrected chi connectivity index (χ2v) is 9.64. The second kappa shape index (κ2) is 10.7. The first-order valence-electron chi connectivity index (χ1n) is 13.2. The van der Waals surface area contributed by atoms with Gasteiger partial charge < -0.3 is 13.9 Å². The number of rotatable bonds is 9. The molecule has 0 N–H and O–H groups in total. The maximum absolute atomic E-state index is 13.9. The summed E-state index contributed by atoms with van der Waals surface area (Å²) in [7, 11) is 0. The average molecular weight is 513 g/mol. The van der Waals surface area contributed by atoms with Crippen LogP contribution in [-0.2, 0) is 0 Å².